The van der Waals surface area contributed by atoms with Gasteiger partial charge in [0.2, 0.25) is 0 Å². The molecular weight excluding hydrogens is 152 g/mol. The van der Waals surface area contributed by atoms with Crippen LogP contribution in [-0.4, -0.2) is 10.8 Å². The van der Waals surface area contributed by atoms with Crippen molar-refractivity contribution in [3.05, 3.63) is 23.3 Å². The molecule has 0 saturated heterocycles. The van der Waals surface area contributed by atoms with Gasteiger partial charge < -0.3 is 5.73 Å². The van der Waals surface area contributed by atoms with Crippen molar-refractivity contribution < 1.29 is 0 Å². The van der Waals surface area contributed by atoms with E-state index in [0.29, 0.717) is 0 Å². The number of benzene rings is 1. The summed E-state index contributed by atoms with van der Waals surface area (Å²) in [6, 6.07) is 3.95. The molecule has 4 heteroatoms. The van der Waals surface area contributed by atoms with Gasteiger partial charge in [-0.25, -0.2) is 10.8 Å². The fraction of sp³-hybridized carbons (Fsp3) is 0.125. The van der Waals surface area contributed by atoms with Gasteiger partial charge >= 0.3 is 0 Å². The van der Waals surface area contributed by atoms with Crippen molar-refractivity contribution in [2.45, 2.75) is 6.54 Å². The van der Waals surface area contributed by atoms with Crippen LogP contribution >= 0.6 is 0 Å². The van der Waals surface area contributed by atoms with Crippen molar-refractivity contribution in [1.82, 2.24) is 5.01 Å². The van der Waals surface area contributed by atoms with Crippen LogP contribution in [0.25, 0.3) is 0 Å². The molecule has 2 aliphatic heterocycles. The maximum absolute atomic E-state index is 5.79. The number of hydrogen-bond donors (Lipinski definition) is 2. The van der Waals surface area contributed by atoms with E-state index in [2.05, 4.69) is 4.99 Å². The number of aliphatic imine (C=N–C) groups is 1. The number of nitrogens with two attached hydrogens (primary N) is 2. The number of amidine groups is 1. The van der Waals surface area contributed by atoms with Crippen LogP contribution in [0.3, 0.4) is 0 Å². The van der Waals surface area contributed by atoms with Crippen LogP contribution in [0, 0.1) is 0 Å². The Bertz CT molecular complexity index is 408. The molecule has 2 aliphatic rings. The SMILES string of the molecule is Nc1cc2c3cc1C(=N3)N(N)C2. The van der Waals surface area contributed by atoms with Crippen molar-refractivity contribution in [2.75, 3.05) is 5.73 Å². The summed E-state index contributed by atoms with van der Waals surface area (Å²) in [4.78, 5) is 4.32. The Morgan fingerprint density at radius 3 is 3.08 bits per heavy atom. The lowest BCUT2D eigenvalue weighted by molar-refractivity contribution is 0.433. The van der Waals surface area contributed by atoms with Gasteiger partial charge in [-0.05, 0) is 12.1 Å². The second-order valence-corrected chi connectivity index (χ2v) is 3.13. The molecule has 1 aromatic carbocycles. The number of hydrazine groups is 1. The fourth-order valence-electron chi connectivity index (χ4n) is 1.73. The average molecular weight is 160 g/mol. The molecule has 0 fully saturated rings. The smallest absolute Gasteiger partial charge is 0.153 e. The van der Waals surface area contributed by atoms with E-state index in [1.165, 1.54) is 0 Å². The zero-order valence-corrected chi connectivity index (χ0v) is 6.41. The summed E-state index contributed by atoms with van der Waals surface area (Å²) in [5.74, 6) is 6.54. The molecule has 4 N–H and O–H groups in total. The summed E-state index contributed by atoms with van der Waals surface area (Å²) in [5, 5.41) is 1.63. The molecular formula is C8H8N4. The first-order chi connectivity index (χ1) is 5.75. The van der Waals surface area contributed by atoms with E-state index in [4.69, 9.17) is 11.6 Å². The standard InChI is InChI=1S/C8H8N4/c9-6-1-4-3-12(10)8-5(6)2-7(4)11-8/h1-2H,3,9-10H2. The van der Waals surface area contributed by atoms with Gasteiger partial charge in [-0.1, -0.05) is 0 Å². The van der Waals surface area contributed by atoms with Crippen LogP contribution < -0.4 is 11.6 Å². The molecule has 60 valence electrons. The minimum absolute atomic E-state index is 0.717. The third kappa shape index (κ3) is 0.506. The van der Waals surface area contributed by atoms with E-state index in [9.17, 15) is 0 Å². The van der Waals surface area contributed by atoms with E-state index >= 15 is 0 Å². The van der Waals surface area contributed by atoms with Crippen LogP contribution in [0.15, 0.2) is 17.1 Å². The minimum Gasteiger partial charge on any atom is -0.398 e. The molecule has 12 heavy (non-hydrogen) atoms. The highest BCUT2D eigenvalue weighted by Crippen LogP contribution is 2.37. The van der Waals surface area contributed by atoms with E-state index in [-0.39, 0.29) is 0 Å². The summed E-state index contributed by atoms with van der Waals surface area (Å²) in [7, 11) is 0. The van der Waals surface area contributed by atoms with Crippen LogP contribution in [0.2, 0.25) is 0 Å². The first-order valence-corrected chi connectivity index (χ1v) is 3.79. The van der Waals surface area contributed by atoms with Crippen molar-refractivity contribution in [2.24, 2.45) is 10.8 Å². The van der Waals surface area contributed by atoms with Crippen LogP contribution in [0.4, 0.5) is 11.4 Å². The summed E-state index contributed by atoms with van der Waals surface area (Å²) >= 11 is 0. The van der Waals surface area contributed by atoms with Crippen LogP contribution in [0.1, 0.15) is 11.1 Å². The summed E-state index contributed by atoms with van der Waals surface area (Å²) in [5.41, 5.74) is 9.67. The van der Waals surface area contributed by atoms with Crippen molar-refractivity contribution in [3.63, 3.8) is 0 Å². The third-order valence-electron chi connectivity index (χ3n) is 2.33. The Kier molecular flexibility index (Phi) is 0.810. The number of nitrogens with zero attached hydrogens (tertiary/aromatic N) is 2. The quantitative estimate of drug-likeness (QED) is 0.425. The van der Waals surface area contributed by atoms with E-state index in [0.717, 1.165) is 34.9 Å². The molecule has 0 radical (unpaired) electrons. The van der Waals surface area contributed by atoms with Crippen molar-refractivity contribution in [3.8, 4) is 0 Å². The van der Waals surface area contributed by atoms with Gasteiger partial charge in [-0.2, -0.15) is 0 Å². The Morgan fingerprint density at radius 2 is 2.25 bits per heavy atom. The Labute approximate surface area is 69.5 Å². The Balaban J connectivity index is 2.41. The fourth-order valence-corrected chi connectivity index (χ4v) is 1.73. The van der Waals surface area contributed by atoms with Crippen molar-refractivity contribution in [1.29, 1.82) is 0 Å². The first-order valence-electron chi connectivity index (χ1n) is 3.79. The minimum atomic E-state index is 0.717. The topological polar surface area (TPSA) is 67.6 Å². The molecule has 3 bridgehead atoms. The zero-order chi connectivity index (χ0) is 8.29. The molecule has 0 atom stereocenters. The maximum Gasteiger partial charge on any atom is 0.153 e. The predicted octanol–water partition coefficient (Wildman–Crippen LogP) is 0.350. The van der Waals surface area contributed by atoms with Gasteiger partial charge in [0, 0.05) is 16.8 Å². The van der Waals surface area contributed by atoms with Crippen molar-refractivity contribution >= 4 is 17.2 Å². The first kappa shape index (κ1) is 6.02. The Morgan fingerprint density at radius 1 is 1.42 bits per heavy atom. The molecule has 0 aromatic heterocycles. The van der Waals surface area contributed by atoms with Crippen LogP contribution in [-0.2, 0) is 6.54 Å². The van der Waals surface area contributed by atoms with Gasteiger partial charge in [0.1, 0.15) is 0 Å². The highest BCUT2D eigenvalue weighted by Gasteiger charge is 2.27. The normalized spacial score (nSPS) is 17.1. The van der Waals surface area contributed by atoms with E-state index in [1.807, 2.05) is 12.1 Å². The number of anilines is 1. The van der Waals surface area contributed by atoms with Gasteiger partial charge in [0.25, 0.3) is 0 Å². The number of rotatable bonds is 0. The zero-order valence-electron chi connectivity index (χ0n) is 6.41. The Hall–Kier alpha value is -1.55. The average Bonchev–Trinajstić information content (AvgIpc) is 2.31. The van der Waals surface area contributed by atoms with Gasteiger partial charge in [0.05, 0.1) is 12.2 Å². The van der Waals surface area contributed by atoms with Crippen LogP contribution in [0.5, 0.6) is 0 Å². The monoisotopic (exact) mass is 160 g/mol. The molecule has 0 amide bonds. The van der Waals surface area contributed by atoms with E-state index < -0.39 is 0 Å². The summed E-state index contributed by atoms with van der Waals surface area (Å²) in [6.45, 7) is 0.717. The summed E-state index contributed by atoms with van der Waals surface area (Å²) < 4.78 is 0. The van der Waals surface area contributed by atoms with E-state index in [1.54, 1.807) is 5.01 Å². The molecule has 0 spiro atoms. The molecule has 3 rings (SSSR count). The molecule has 0 saturated carbocycles. The lowest BCUT2D eigenvalue weighted by Gasteiger charge is -2.19. The molecule has 0 aliphatic carbocycles. The molecule has 0 unspecified atom stereocenters. The second kappa shape index (κ2) is 1.61. The third-order valence-corrected chi connectivity index (χ3v) is 2.33. The van der Waals surface area contributed by atoms with Gasteiger partial charge in [0.15, 0.2) is 5.84 Å². The number of hydrogen-bond acceptors (Lipinski definition) is 4. The number of nitrogen functional groups attached to an aromatic ring is 1. The highest BCUT2D eigenvalue weighted by molar-refractivity contribution is 6.09. The molecule has 4 nitrogen and oxygen atoms in total. The predicted molar refractivity (Wildman–Crippen MR) is 46.8 cm³/mol. The largest absolute Gasteiger partial charge is 0.398 e. The van der Waals surface area contributed by atoms with Gasteiger partial charge in [-0.15, -0.1) is 0 Å². The summed E-state index contributed by atoms with van der Waals surface area (Å²) in [6.07, 6.45) is 0. The lowest BCUT2D eigenvalue weighted by atomic mass is 10.1. The van der Waals surface area contributed by atoms with Gasteiger partial charge in [-0.3, -0.25) is 5.01 Å². The highest BCUT2D eigenvalue weighted by atomic mass is 15.4. The second-order valence-electron chi connectivity index (χ2n) is 3.13. The molecule has 2 heterocycles. The lowest BCUT2D eigenvalue weighted by Crippen LogP contribution is -2.36. The maximum atomic E-state index is 5.79. The number of fused-ring (bicyclic) bond motifs is 2. The molecule has 1 aromatic rings.